The zero-order valence-corrected chi connectivity index (χ0v) is 9.68. The van der Waals surface area contributed by atoms with Crippen LogP contribution in [0.2, 0.25) is 0 Å². The fourth-order valence-corrected chi connectivity index (χ4v) is 2.34. The molecule has 2 aliphatic rings. The molecule has 1 N–H and O–H groups in total. The number of nitrogens with zero attached hydrogens (tertiary/aromatic N) is 2. The van der Waals surface area contributed by atoms with Crippen LogP contribution in [0.3, 0.4) is 0 Å². The summed E-state index contributed by atoms with van der Waals surface area (Å²) in [6.07, 6.45) is 6.13. The Balaban J connectivity index is 2.22. The first kappa shape index (κ1) is 11.6. The van der Waals surface area contributed by atoms with Gasteiger partial charge >= 0.3 is 6.03 Å². The summed E-state index contributed by atoms with van der Waals surface area (Å²) in [4.78, 5) is 23.7. The van der Waals surface area contributed by atoms with Gasteiger partial charge in [-0.25, -0.2) is 4.79 Å². The van der Waals surface area contributed by atoms with E-state index in [4.69, 9.17) is 0 Å². The van der Waals surface area contributed by atoms with E-state index in [1.165, 1.54) is 6.08 Å². The van der Waals surface area contributed by atoms with Gasteiger partial charge < -0.3 is 10.2 Å². The third-order valence-electron chi connectivity index (χ3n) is 3.45. The number of nitro groups is 1. The van der Waals surface area contributed by atoms with Crippen LogP contribution in [0.4, 0.5) is 4.79 Å². The van der Waals surface area contributed by atoms with Crippen LogP contribution in [0.25, 0.3) is 0 Å². The first-order chi connectivity index (χ1) is 8.09. The Bertz CT molecular complexity index is 416. The summed E-state index contributed by atoms with van der Waals surface area (Å²) in [5.74, 6) is 0. The minimum Gasteiger partial charge on any atom is -0.336 e. The molecule has 1 aliphatic carbocycles. The number of hydrogen-bond acceptors (Lipinski definition) is 3. The normalized spacial score (nSPS) is 27.9. The molecule has 0 aromatic carbocycles. The number of carbonyl (C=O) groups is 1. The Morgan fingerprint density at radius 1 is 1.65 bits per heavy atom. The molecule has 2 amide bonds. The van der Waals surface area contributed by atoms with Gasteiger partial charge in [0.25, 0.3) is 5.70 Å². The van der Waals surface area contributed by atoms with Crippen LogP contribution in [0, 0.1) is 10.1 Å². The maximum atomic E-state index is 11.7. The minimum absolute atomic E-state index is 0.0885. The van der Waals surface area contributed by atoms with Crippen LogP contribution in [0.1, 0.15) is 19.8 Å². The average Bonchev–Trinajstić information content (AvgIpc) is 2.76. The number of carbonyl (C=O) groups excluding carboxylic acids is 1. The topological polar surface area (TPSA) is 75.5 Å². The van der Waals surface area contributed by atoms with Crippen molar-refractivity contribution >= 4 is 6.03 Å². The molecule has 2 rings (SSSR count). The molecule has 6 nitrogen and oxygen atoms in total. The van der Waals surface area contributed by atoms with Gasteiger partial charge in [-0.05, 0) is 18.9 Å². The summed E-state index contributed by atoms with van der Waals surface area (Å²) in [7, 11) is 0. The molecular formula is C11H15N3O3. The van der Waals surface area contributed by atoms with Gasteiger partial charge in [0.1, 0.15) is 0 Å². The van der Waals surface area contributed by atoms with E-state index in [2.05, 4.69) is 5.32 Å². The lowest BCUT2D eigenvalue weighted by atomic mass is 9.86. The van der Waals surface area contributed by atoms with Gasteiger partial charge in [-0.15, -0.1) is 0 Å². The van der Waals surface area contributed by atoms with Gasteiger partial charge in [-0.1, -0.05) is 13.0 Å². The molecule has 1 heterocycles. The Labute approximate surface area is 99.1 Å². The van der Waals surface area contributed by atoms with Crippen molar-refractivity contribution in [3.05, 3.63) is 34.0 Å². The van der Waals surface area contributed by atoms with E-state index in [1.54, 1.807) is 17.1 Å². The molecule has 0 radical (unpaired) electrons. The van der Waals surface area contributed by atoms with Crippen LogP contribution in [-0.4, -0.2) is 34.5 Å². The number of amides is 2. The van der Waals surface area contributed by atoms with E-state index in [1.807, 2.05) is 6.92 Å². The second-order valence-corrected chi connectivity index (χ2v) is 4.26. The van der Waals surface area contributed by atoms with Crippen LogP contribution < -0.4 is 5.32 Å². The van der Waals surface area contributed by atoms with Crippen molar-refractivity contribution < 1.29 is 9.72 Å². The molecule has 6 heteroatoms. The van der Waals surface area contributed by atoms with Gasteiger partial charge in [-0.2, -0.15) is 0 Å². The quantitative estimate of drug-likeness (QED) is 0.593. The zero-order chi connectivity index (χ0) is 12.5. The Kier molecular flexibility index (Phi) is 2.87. The van der Waals surface area contributed by atoms with E-state index < -0.39 is 10.5 Å². The van der Waals surface area contributed by atoms with Gasteiger partial charge in [0.05, 0.1) is 10.5 Å². The first-order valence-electron chi connectivity index (χ1n) is 5.68. The van der Waals surface area contributed by atoms with Crippen molar-refractivity contribution in [2.24, 2.45) is 0 Å². The fourth-order valence-electron chi connectivity index (χ4n) is 2.34. The Morgan fingerprint density at radius 3 is 2.82 bits per heavy atom. The summed E-state index contributed by atoms with van der Waals surface area (Å²) in [6.45, 7) is 3.28. The number of hydrogen-bond donors (Lipinski definition) is 1. The van der Waals surface area contributed by atoms with Crippen molar-refractivity contribution in [2.75, 3.05) is 13.1 Å². The molecule has 17 heavy (non-hydrogen) atoms. The summed E-state index contributed by atoms with van der Waals surface area (Å²) in [5.41, 5.74) is -0.297. The molecular weight excluding hydrogens is 222 g/mol. The maximum absolute atomic E-state index is 11.7. The summed E-state index contributed by atoms with van der Waals surface area (Å²) >= 11 is 0. The SMILES string of the molecule is CCC1(N2CCNC2=O)C=CC([N+](=O)[O-])=CC1. The van der Waals surface area contributed by atoms with Crippen LogP contribution in [0.5, 0.6) is 0 Å². The minimum atomic E-state index is -0.403. The maximum Gasteiger partial charge on any atom is 0.318 e. The molecule has 0 aromatic rings. The third-order valence-corrected chi connectivity index (χ3v) is 3.45. The van der Waals surface area contributed by atoms with Gasteiger partial charge in [-0.3, -0.25) is 10.1 Å². The summed E-state index contributed by atoms with van der Waals surface area (Å²) in [6, 6.07) is -0.0885. The largest absolute Gasteiger partial charge is 0.336 e. The van der Waals surface area contributed by atoms with Gasteiger partial charge in [0.15, 0.2) is 0 Å². The predicted molar refractivity (Wildman–Crippen MR) is 62.0 cm³/mol. The highest BCUT2D eigenvalue weighted by molar-refractivity contribution is 5.77. The lowest BCUT2D eigenvalue weighted by molar-refractivity contribution is -0.419. The van der Waals surface area contributed by atoms with Crippen LogP contribution in [-0.2, 0) is 0 Å². The van der Waals surface area contributed by atoms with Gasteiger partial charge in [0, 0.05) is 19.2 Å². The monoisotopic (exact) mass is 237 g/mol. The van der Waals surface area contributed by atoms with Crippen molar-refractivity contribution in [3.63, 3.8) is 0 Å². The highest BCUT2D eigenvalue weighted by Crippen LogP contribution is 2.32. The van der Waals surface area contributed by atoms with Crippen molar-refractivity contribution in [1.82, 2.24) is 10.2 Å². The number of urea groups is 1. The van der Waals surface area contributed by atoms with Crippen LogP contribution >= 0.6 is 0 Å². The smallest absolute Gasteiger partial charge is 0.318 e. The average molecular weight is 237 g/mol. The van der Waals surface area contributed by atoms with Crippen molar-refractivity contribution in [2.45, 2.75) is 25.3 Å². The van der Waals surface area contributed by atoms with Crippen LogP contribution in [0.15, 0.2) is 23.9 Å². The molecule has 1 unspecified atom stereocenters. The molecule has 0 spiro atoms. The second-order valence-electron chi connectivity index (χ2n) is 4.26. The second kappa shape index (κ2) is 4.20. The number of rotatable bonds is 3. The van der Waals surface area contributed by atoms with Crippen molar-refractivity contribution in [3.8, 4) is 0 Å². The molecule has 1 atom stereocenters. The molecule has 1 fully saturated rings. The predicted octanol–water partition coefficient (Wildman–Crippen LogP) is 1.28. The highest BCUT2D eigenvalue weighted by atomic mass is 16.6. The summed E-state index contributed by atoms with van der Waals surface area (Å²) < 4.78 is 0. The lowest BCUT2D eigenvalue weighted by Gasteiger charge is -2.38. The number of nitrogens with one attached hydrogen (secondary N) is 1. The Morgan fingerprint density at radius 2 is 2.41 bits per heavy atom. The van der Waals surface area contributed by atoms with E-state index in [9.17, 15) is 14.9 Å². The fraction of sp³-hybridized carbons (Fsp3) is 0.545. The van der Waals surface area contributed by atoms with E-state index in [0.29, 0.717) is 19.5 Å². The summed E-state index contributed by atoms with van der Waals surface area (Å²) in [5, 5.41) is 13.4. The van der Waals surface area contributed by atoms with E-state index >= 15 is 0 Å². The molecule has 1 aliphatic heterocycles. The van der Waals surface area contributed by atoms with Gasteiger partial charge in [0.2, 0.25) is 0 Å². The van der Waals surface area contributed by atoms with E-state index in [0.717, 1.165) is 6.42 Å². The first-order valence-corrected chi connectivity index (χ1v) is 5.68. The molecule has 0 saturated carbocycles. The Hall–Kier alpha value is -1.85. The lowest BCUT2D eigenvalue weighted by Crippen LogP contribution is -2.49. The molecule has 0 bridgehead atoms. The standard InChI is InChI=1S/C11H15N3O3/c1-2-11(13-8-7-12-10(13)15)5-3-9(4-6-11)14(16)17/h3-5H,2,6-8H2,1H3,(H,12,15). The number of allylic oxidation sites excluding steroid dienone is 1. The highest BCUT2D eigenvalue weighted by Gasteiger charge is 2.39. The van der Waals surface area contributed by atoms with E-state index in [-0.39, 0.29) is 11.7 Å². The molecule has 1 saturated heterocycles. The molecule has 92 valence electrons. The third kappa shape index (κ3) is 1.90. The van der Waals surface area contributed by atoms with Crippen molar-refractivity contribution in [1.29, 1.82) is 0 Å². The zero-order valence-electron chi connectivity index (χ0n) is 9.68. The molecule has 0 aromatic heterocycles.